The molecule has 1 saturated carbocycles. The number of ether oxygens (including phenoxy) is 1. The van der Waals surface area contributed by atoms with Crippen LogP contribution in [0, 0.1) is 11.8 Å². The molecule has 1 aromatic rings. The van der Waals surface area contributed by atoms with E-state index < -0.39 is 5.97 Å². The molecule has 2 aliphatic heterocycles. The fourth-order valence-electron chi connectivity index (χ4n) is 4.33. The number of carbonyl (C=O) groups is 1. The van der Waals surface area contributed by atoms with Gasteiger partial charge in [-0.05, 0) is 43.7 Å². The summed E-state index contributed by atoms with van der Waals surface area (Å²) in [4.78, 5) is 15.6. The van der Waals surface area contributed by atoms with Gasteiger partial charge in [0, 0.05) is 18.2 Å². The fourth-order valence-corrected chi connectivity index (χ4v) is 4.33. The number of allylic oxidation sites excluding steroid dienone is 1. The van der Waals surface area contributed by atoms with Crippen LogP contribution in [0.1, 0.15) is 41.2 Å². The molecule has 1 aromatic heterocycles. The van der Waals surface area contributed by atoms with Crippen molar-refractivity contribution in [3.8, 4) is 5.75 Å². The molecule has 1 aliphatic carbocycles. The lowest BCUT2D eigenvalue weighted by atomic mass is 9.68. The maximum atomic E-state index is 11.2. The molecule has 0 spiro atoms. The highest BCUT2D eigenvalue weighted by Crippen LogP contribution is 2.47. The van der Waals surface area contributed by atoms with Crippen molar-refractivity contribution in [2.24, 2.45) is 11.8 Å². The van der Waals surface area contributed by atoms with Crippen LogP contribution < -0.4 is 10.1 Å². The summed E-state index contributed by atoms with van der Waals surface area (Å²) in [6.07, 6.45) is 9.27. The van der Waals surface area contributed by atoms with Crippen LogP contribution in [0.25, 0.3) is 0 Å². The van der Waals surface area contributed by atoms with Crippen molar-refractivity contribution in [3.05, 3.63) is 35.7 Å². The molecule has 116 valence electrons. The van der Waals surface area contributed by atoms with Crippen molar-refractivity contribution in [1.82, 2.24) is 10.3 Å². The molecule has 2 N–H and O–H groups in total. The summed E-state index contributed by atoms with van der Waals surface area (Å²) < 4.78 is 5.75. The zero-order valence-corrected chi connectivity index (χ0v) is 12.4. The summed E-state index contributed by atoms with van der Waals surface area (Å²) in [5, 5.41) is 12.8. The highest BCUT2D eigenvalue weighted by molar-refractivity contribution is 5.87. The first kappa shape index (κ1) is 13.8. The summed E-state index contributed by atoms with van der Waals surface area (Å²) in [6.45, 7) is 1.58. The number of nitrogens with one attached hydrogen (secondary N) is 1. The molecule has 4 rings (SSSR count). The van der Waals surface area contributed by atoms with Gasteiger partial charge in [0.2, 0.25) is 0 Å². The summed E-state index contributed by atoms with van der Waals surface area (Å²) in [6, 6.07) is 2.24. The van der Waals surface area contributed by atoms with E-state index in [0.717, 1.165) is 25.1 Å². The number of aromatic nitrogens is 1. The van der Waals surface area contributed by atoms with Crippen molar-refractivity contribution in [1.29, 1.82) is 0 Å². The average molecular weight is 300 g/mol. The molecule has 4 unspecified atom stereocenters. The predicted octanol–water partition coefficient (Wildman–Crippen LogP) is 2.20. The minimum Gasteiger partial charge on any atom is -0.488 e. The zero-order chi connectivity index (χ0) is 15.1. The molecule has 3 aliphatic rings. The minimum atomic E-state index is -0.961. The van der Waals surface area contributed by atoms with Crippen molar-refractivity contribution in [2.75, 3.05) is 13.2 Å². The van der Waals surface area contributed by atoms with Crippen LogP contribution in [0.15, 0.2) is 24.4 Å². The van der Waals surface area contributed by atoms with Crippen LogP contribution >= 0.6 is 0 Å². The number of fused-ring (bicyclic) bond motifs is 5. The number of carboxylic acids is 1. The highest BCUT2D eigenvalue weighted by Gasteiger charge is 2.42. The Bertz CT molecular complexity index is 628. The normalized spacial score (nSPS) is 34.4. The van der Waals surface area contributed by atoms with Gasteiger partial charge in [-0.1, -0.05) is 12.2 Å². The first-order chi connectivity index (χ1) is 10.7. The lowest BCUT2D eigenvalue weighted by Crippen LogP contribution is -2.38. The number of hydrogen-bond acceptors (Lipinski definition) is 4. The number of hydrogen-bond donors (Lipinski definition) is 2. The Kier molecular flexibility index (Phi) is 3.37. The van der Waals surface area contributed by atoms with Gasteiger partial charge in [-0.2, -0.15) is 0 Å². The summed E-state index contributed by atoms with van der Waals surface area (Å²) in [5.74, 6) is 1.14. The van der Waals surface area contributed by atoms with Gasteiger partial charge < -0.3 is 15.2 Å². The van der Waals surface area contributed by atoms with E-state index in [2.05, 4.69) is 22.5 Å². The van der Waals surface area contributed by atoms with Gasteiger partial charge >= 0.3 is 5.97 Å². The number of nitrogens with zero attached hydrogens (tertiary/aromatic N) is 1. The van der Waals surface area contributed by atoms with Crippen LogP contribution in [0.3, 0.4) is 0 Å². The van der Waals surface area contributed by atoms with Gasteiger partial charge in [0.15, 0.2) is 0 Å². The smallest absolute Gasteiger partial charge is 0.337 e. The third-order valence-corrected chi connectivity index (χ3v) is 5.32. The Morgan fingerprint density at radius 2 is 2.27 bits per heavy atom. The summed E-state index contributed by atoms with van der Waals surface area (Å²) >= 11 is 0. The van der Waals surface area contributed by atoms with E-state index in [0.29, 0.717) is 36.2 Å². The molecule has 3 heterocycles. The van der Waals surface area contributed by atoms with Gasteiger partial charge in [0.25, 0.3) is 0 Å². The van der Waals surface area contributed by atoms with Crippen molar-refractivity contribution in [3.63, 3.8) is 0 Å². The van der Waals surface area contributed by atoms with Gasteiger partial charge in [-0.25, -0.2) is 4.79 Å². The second-order valence-corrected chi connectivity index (χ2v) is 6.43. The molecule has 0 bridgehead atoms. The quantitative estimate of drug-likeness (QED) is 0.778. The highest BCUT2D eigenvalue weighted by atomic mass is 16.5. The largest absolute Gasteiger partial charge is 0.488 e. The van der Waals surface area contributed by atoms with E-state index in [1.54, 1.807) is 6.07 Å². The molecule has 4 atom stereocenters. The average Bonchev–Trinajstić information content (AvgIpc) is 2.97. The van der Waals surface area contributed by atoms with E-state index in [9.17, 15) is 4.79 Å². The first-order valence-electron chi connectivity index (χ1n) is 8.00. The zero-order valence-electron chi connectivity index (χ0n) is 12.4. The predicted molar refractivity (Wildman–Crippen MR) is 81.2 cm³/mol. The molecule has 0 radical (unpaired) electrons. The Morgan fingerprint density at radius 1 is 1.36 bits per heavy atom. The van der Waals surface area contributed by atoms with Crippen LogP contribution in [-0.4, -0.2) is 35.3 Å². The Balaban J connectivity index is 1.74. The van der Waals surface area contributed by atoms with E-state index in [1.807, 2.05) is 0 Å². The van der Waals surface area contributed by atoms with Crippen LogP contribution in [-0.2, 0) is 0 Å². The Morgan fingerprint density at radius 3 is 3.14 bits per heavy atom. The van der Waals surface area contributed by atoms with E-state index >= 15 is 0 Å². The van der Waals surface area contributed by atoms with Crippen LogP contribution in [0.5, 0.6) is 5.75 Å². The number of pyridine rings is 1. The molecule has 22 heavy (non-hydrogen) atoms. The summed E-state index contributed by atoms with van der Waals surface area (Å²) in [5.41, 5.74) is 1.13. The van der Waals surface area contributed by atoms with Gasteiger partial charge in [0.1, 0.15) is 12.4 Å². The lowest BCUT2D eigenvalue weighted by molar-refractivity contribution is 0.0695. The number of carboxylic acid groups (broad SMARTS) is 1. The van der Waals surface area contributed by atoms with Gasteiger partial charge in [0.05, 0.1) is 11.3 Å². The van der Waals surface area contributed by atoms with E-state index in [4.69, 9.17) is 9.84 Å². The summed E-state index contributed by atoms with van der Waals surface area (Å²) in [7, 11) is 0. The number of aromatic carboxylic acids is 1. The fraction of sp³-hybridized carbons (Fsp3) is 0.529. The molecule has 5 nitrogen and oxygen atoms in total. The Hall–Kier alpha value is -1.88. The molecule has 0 amide bonds. The maximum Gasteiger partial charge on any atom is 0.337 e. The van der Waals surface area contributed by atoms with E-state index in [1.165, 1.54) is 12.6 Å². The second-order valence-electron chi connectivity index (χ2n) is 6.43. The van der Waals surface area contributed by atoms with E-state index in [-0.39, 0.29) is 5.56 Å². The Labute approximate surface area is 129 Å². The van der Waals surface area contributed by atoms with Crippen molar-refractivity contribution < 1.29 is 14.6 Å². The molecular weight excluding hydrogens is 280 g/mol. The second kappa shape index (κ2) is 5.39. The third-order valence-electron chi connectivity index (χ3n) is 5.32. The monoisotopic (exact) mass is 300 g/mol. The minimum absolute atomic E-state index is 0.191. The lowest BCUT2D eigenvalue weighted by Gasteiger charge is -2.39. The molecule has 0 aromatic carbocycles. The van der Waals surface area contributed by atoms with Gasteiger partial charge in [-0.15, -0.1) is 0 Å². The standard InChI is InChI=1S/C17H20N2O3/c20-17(21)10-8-15-16(19-9-10)13-3-4-14-12(5-6-18-14)11(13)2-1-7-22-15/h1-2,8-9,11-14,18H,3-7H2,(H,20,21)/b2-1-. The molecule has 1 saturated heterocycles. The van der Waals surface area contributed by atoms with Crippen molar-refractivity contribution in [2.45, 2.75) is 31.2 Å². The molecule has 2 fully saturated rings. The maximum absolute atomic E-state index is 11.2. The molecule has 5 heteroatoms. The number of rotatable bonds is 1. The van der Waals surface area contributed by atoms with Gasteiger partial charge in [-0.3, -0.25) is 4.98 Å². The topological polar surface area (TPSA) is 71.5 Å². The van der Waals surface area contributed by atoms with Crippen LogP contribution in [0.2, 0.25) is 0 Å². The van der Waals surface area contributed by atoms with Crippen molar-refractivity contribution >= 4 is 5.97 Å². The molecular formula is C17H20N2O3. The third kappa shape index (κ3) is 2.20. The SMILES string of the molecule is O=C(O)c1cnc2c(c1)OC/C=C\C1C2CCC2NCCC21. The first-order valence-corrected chi connectivity index (χ1v) is 8.00. The van der Waals surface area contributed by atoms with Crippen LogP contribution in [0.4, 0.5) is 0 Å².